The Kier molecular flexibility index (Phi) is 5.93. The smallest absolute Gasteiger partial charge is 0.251 e. The van der Waals surface area contributed by atoms with E-state index in [1.54, 1.807) is 12.1 Å². The van der Waals surface area contributed by atoms with Crippen LogP contribution in [0.4, 0.5) is 10.1 Å². The molecule has 2 N–H and O–H groups in total. The summed E-state index contributed by atoms with van der Waals surface area (Å²) in [6, 6.07) is 14.2. The number of amides is 1. The summed E-state index contributed by atoms with van der Waals surface area (Å²) in [7, 11) is 8.11. The first kappa shape index (κ1) is 17.9. The Balaban J connectivity index is 2.07. The van der Waals surface area contributed by atoms with Gasteiger partial charge in [0.05, 0.1) is 20.6 Å². The van der Waals surface area contributed by atoms with E-state index in [0.717, 1.165) is 11.3 Å². The number of carbonyl (C=O) groups is 1. The molecule has 0 fully saturated rings. The van der Waals surface area contributed by atoms with Crippen LogP contribution < -0.4 is 15.1 Å². The van der Waals surface area contributed by atoms with Crippen molar-refractivity contribution in [2.24, 2.45) is 0 Å². The predicted molar refractivity (Wildman–Crippen MR) is 95.1 cm³/mol. The molecule has 0 saturated carbocycles. The fraction of sp³-hybridized carbons (Fsp3) is 0.316. The van der Waals surface area contributed by atoms with E-state index < -0.39 is 5.82 Å². The van der Waals surface area contributed by atoms with E-state index in [4.69, 9.17) is 0 Å². The molecule has 128 valence electrons. The Morgan fingerprint density at radius 3 is 2.38 bits per heavy atom. The van der Waals surface area contributed by atoms with E-state index in [9.17, 15) is 9.18 Å². The van der Waals surface area contributed by atoms with Gasteiger partial charge in [-0.15, -0.1) is 0 Å². The van der Waals surface area contributed by atoms with Gasteiger partial charge in [-0.25, -0.2) is 4.39 Å². The summed E-state index contributed by atoms with van der Waals surface area (Å²) in [4.78, 5) is 15.5. The van der Waals surface area contributed by atoms with Crippen LogP contribution in [0.3, 0.4) is 0 Å². The Hall–Kier alpha value is -2.40. The normalized spacial score (nSPS) is 12.1. The van der Waals surface area contributed by atoms with E-state index in [1.807, 2.05) is 19.0 Å². The van der Waals surface area contributed by atoms with Crippen LogP contribution in [0.25, 0.3) is 0 Å². The second-order valence-corrected chi connectivity index (χ2v) is 6.34. The molecule has 1 atom stereocenters. The Morgan fingerprint density at radius 1 is 1.17 bits per heavy atom. The van der Waals surface area contributed by atoms with E-state index in [2.05, 4.69) is 43.7 Å². The number of hydrogen-bond donors (Lipinski definition) is 2. The van der Waals surface area contributed by atoms with Crippen LogP contribution in [0.5, 0.6) is 0 Å². The van der Waals surface area contributed by atoms with E-state index >= 15 is 0 Å². The molecule has 0 aliphatic carbocycles. The zero-order chi connectivity index (χ0) is 17.7. The van der Waals surface area contributed by atoms with Crippen LogP contribution in [0.15, 0.2) is 48.5 Å². The molecule has 5 heteroatoms. The summed E-state index contributed by atoms with van der Waals surface area (Å²) < 4.78 is 13.2. The molecule has 0 spiro atoms. The van der Waals surface area contributed by atoms with Gasteiger partial charge in [-0.2, -0.15) is 0 Å². The molecular formula is C19H25FN3O+. The first-order valence-electron chi connectivity index (χ1n) is 7.99. The van der Waals surface area contributed by atoms with Gasteiger partial charge in [-0.05, 0) is 30.3 Å². The molecule has 0 aromatic heterocycles. The van der Waals surface area contributed by atoms with Crippen LogP contribution in [0.2, 0.25) is 0 Å². The summed E-state index contributed by atoms with van der Waals surface area (Å²) in [6.07, 6.45) is 0. The van der Waals surface area contributed by atoms with Gasteiger partial charge in [0.25, 0.3) is 5.91 Å². The lowest BCUT2D eigenvalue weighted by atomic mass is 10.0. The van der Waals surface area contributed by atoms with Crippen molar-refractivity contribution in [3.05, 3.63) is 65.5 Å². The van der Waals surface area contributed by atoms with Crippen molar-refractivity contribution >= 4 is 11.6 Å². The molecule has 2 rings (SSSR count). The highest BCUT2D eigenvalue weighted by Crippen LogP contribution is 2.16. The van der Waals surface area contributed by atoms with Crippen molar-refractivity contribution in [2.45, 2.75) is 6.04 Å². The maximum Gasteiger partial charge on any atom is 0.251 e. The summed E-state index contributed by atoms with van der Waals surface area (Å²) in [5.41, 5.74) is 2.63. The van der Waals surface area contributed by atoms with Gasteiger partial charge in [-0.1, -0.05) is 18.2 Å². The van der Waals surface area contributed by atoms with Gasteiger partial charge in [-0.3, -0.25) is 4.79 Å². The summed E-state index contributed by atoms with van der Waals surface area (Å²) in [6.45, 7) is 0.485. The summed E-state index contributed by atoms with van der Waals surface area (Å²) >= 11 is 0. The number of halogens is 1. The molecule has 0 bridgehead atoms. The highest BCUT2D eigenvalue weighted by atomic mass is 19.1. The fourth-order valence-electron chi connectivity index (χ4n) is 2.59. The minimum atomic E-state index is -0.406. The molecular weight excluding hydrogens is 305 g/mol. The van der Waals surface area contributed by atoms with Gasteiger partial charge in [0, 0.05) is 30.9 Å². The quantitative estimate of drug-likeness (QED) is 0.842. The minimum absolute atomic E-state index is 0.124. The maximum absolute atomic E-state index is 13.2. The molecule has 0 heterocycles. The van der Waals surface area contributed by atoms with Gasteiger partial charge >= 0.3 is 0 Å². The van der Waals surface area contributed by atoms with Crippen molar-refractivity contribution in [2.75, 3.05) is 39.6 Å². The standard InChI is InChI=1S/C19H24FN3O/c1-22(2)17-10-8-14(9-11-17)18(23(3)4)13-21-19(24)15-6-5-7-16(20)12-15/h5-12,18H,13H2,1-4H3,(H,21,24)/p+1/t18-/m0/s1. The van der Waals surface area contributed by atoms with E-state index in [-0.39, 0.29) is 11.9 Å². The highest BCUT2D eigenvalue weighted by molar-refractivity contribution is 5.94. The molecule has 24 heavy (non-hydrogen) atoms. The molecule has 0 unspecified atom stereocenters. The Morgan fingerprint density at radius 2 is 1.83 bits per heavy atom. The molecule has 0 aliphatic heterocycles. The largest absolute Gasteiger partial charge is 0.378 e. The summed E-state index contributed by atoms with van der Waals surface area (Å²) in [5, 5.41) is 2.91. The lowest BCUT2D eigenvalue weighted by Gasteiger charge is -2.23. The van der Waals surface area contributed by atoms with E-state index in [0.29, 0.717) is 12.1 Å². The summed E-state index contributed by atoms with van der Waals surface area (Å²) in [5.74, 6) is -0.664. The molecule has 2 aromatic carbocycles. The fourth-order valence-corrected chi connectivity index (χ4v) is 2.59. The monoisotopic (exact) mass is 330 g/mol. The number of quaternary nitrogens is 1. The Labute approximate surface area is 142 Å². The SMILES string of the molecule is CN(C)c1ccc([C@H](CNC(=O)c2cccc(F)c2)[NH+](C)C)cc1. The minimum Gasteiger partial charge on any atom is -0.378 e. The second kappa shape index (κ2) is 7.93. The average Bonchev–Trinajstić information content (AvgIpc) is 2.55. The van der Waals surface area contributed by atoms with Crippen LogP contribution in [0, 0.1) is 5.82 Å². The number of rotatable bonds is 6. The number of benzene rings is 2. The van der Waals surface area contributed by atoms with Crippen molar-refractivity contribution < 1.29 is 14.1 Å². The molecule has 2 aromatic rings. The van der Waals surface area contributed by atoms with Gasteiger partial charge < -0.3 is 15.1 Å². The molecule has 0 saturated heterocycles. The topological polar surface area (TPSA) is 36.8 Å². The highest BCUT2D eigenvalue weighted by Gasteiger charge is 2.19. The van der Waals surface area contributed by atoms with Crippen molar-refractivity contribution in [1.29, 1.82) is 0 Å². The zero-order valence-electron chi connectivity index (χ0n) is 14.6. The number of hydrogen-bond acceptors (Lipinski definition) is 2. The molecule has 0 aliphatic rings. The predicted octanol–water partition coefficient (Wildman–Crippen LogP) is 1.51. The third-order valence-corrected chi connectivity index (χ3v) is 4.06. The van der Waals surface area contributed by atoms with E-state index in [1.165, 1.54) is 17.0 Å². The van der Waals surface area contributed by atoms with Crippen LogP contribution >= 0.6 is 0 Å². The van der Waals surface area contributed by atoms with Gasteiger partial charge in [0.2, 0.25) is 0 Å². The van der Waals surface area contributed by atoms with Crippen molar-refractivity contribution in [3.8, 4) is 0 Å². The molecule has 1 amide bonds. The second-order valence-electron chi connectivity index (χ2n) is 6.34. The van der Waals surface area contributed by atoms with Gasteiger partial charge in [0.1, 0.15) is 11.9 Å². The average molecular weight is 330 g/mol. The number of nitrogens with zero attached hydrogens (tertiary/aromatic N) is 1. The lowest BCUT2D eigenvalue weighted by molar-refractivity contribution is -0.890. The zero-order valence-corrected chi connectivity index (χ0v) is 14.6. The van der Waals surface area contributed by atoms with Gasteiger partial charge in [0.15, 0.2) is 0 Å². The van der Waals surface area contributed by atoms with Crippen LogP contribution in [0.1, 0.15) is 22.0 Å². The van der Waals surface area contributed by atoms with Crippen LogP contribution in [-0.4, -0.2) is 40.6 Å². The Bertz CT molecular complexity index is 683. The first-order chi connectivity index (χ1) is 11.4. The third kappa shape index (κ3) is 4.55. The number of carbonyl (C=O) groups excluding carboxylic acids is 1. The number of likely N-dealkylation sites (N-methyl/N-ethyl adjacent to an activating group) is 1. The molecule has 0 radical (unpaired) electrons. The number of anilines is 1. The third-order valence-electron chi connectivity index (χ3n) is 4.06. The van der Waals surface area contributed by atoms with Crippen molar-refractivity contribution in [3.63, 3.8) is 0 Å². The van der Waals surface area contributed by atoms with Crippen molar-refractivity contribution in [1.82, 2.24) is 5.32 Å². The molecule has 4 nitrogen and oxygen atoms in total. The lowest BCUT2D eigenvalue weighted by Crippen LogP contribution is -3.07. The first-order valence-corrected chi connectivity index (χ1v) is 7.99. The maximum atomic E-state index is 13.2. The number of nitrogens with one attached hydrogen (secondary N) is 2. The van der Waals surface area contributed by atoms with Crippen LogP contribution in [-0.2, 0) is 0 Å².